The number of hydrogen-bond acceptors (Lipinski definition) is 4. The summed E-state index contributed by atoms with van der Waals surface area (Å²) in [5, 5.41) is 19.2. The first-order valence-electron chi connectivity index (χ1n) is 11.1. The van der Waals surface area contributed by atoms with Gasteiger partial charge in [0.05, 0.1) is 17.5 Å². The number of rotatable bonds is 3. The van der Waals surface area contributed by atoms with Gasteiger partial charge in [0, 0.05) is 28.7 Å². The lowest BCUT2D eigenvalue weighted by Gasteiger charge is -2.13. The summed E-state index contributed by atoms with van der Waals surface area (Å²) in [6, 6.07) is 14.0. The van der Waals surface area contributed by atoms with Gasteiger partial charge in [0.2, 0.25) is 0 Å². The summed E-state index contributed by atoms with van der Waals surface area (Å²) in [7, 11) is 0. The summed E-state index contributed by atoms with van der Waals surface area (Å²) >= 11 is 0. The van der Waals surface area contributed by atoms with E-state index in [0.717, 1.165) is 47.6 Å². The van der Waals surface area contributed by atoms with Gasteiger partial charge in [0.1, 0.15) is 0 Å². The Morgan fingerprint density at radius 1 is 1.15 bits per heavy atom. The van der Waals surface area contributed by atoms with Crippen LogP contribution < -0.4 is 16.1 Å². The van der Waals surface area contributed by atoms with Crippen molar-refractivity contribution in [3.63, 3.8) is 0 Å². The maximum atomic E-state index is 12.3. The Morgan fingerprint density at radius 2 is 1.97 bits per heavy atom. The molecule has 5 N–H and O–H groups in total. The fourth-order valence-electron chi connectivity index (χ4n) is 4.32. The molecule has 2 aliphatic heterocycles. The van der Waals surface area contributed by atoms with Crippen molar-refractivity contribution in [3.05, 3.63) is 70.9 Å². The smallest absolute Gasteiger partial charge is 0.409 e. The minimum Gasteiger partial charge on any atom is -0.465 e. The number of aromatic amines is 1. The predicted octanol–water partition coefficient (Wildman–Crippen LogP) is 4.28. The van der Waals surface area contributed by atoms with E-state index in [0.29, 0.717) is 16.8 Å². The zero-order chi connectivity index (χ0) is 22.8. The van der Waals surface area contributed by atoms with Gasteiger partial charge in [-0.2, -0.15) is 5.10 Å². The van der Waals surface area contributed by atoms with Gasteiger partial charge < -0.3 is 15.4 Å². The molecule has 168 valence electrons. The zero-order valence-corrected chi connectivity index (χ0v) is 18.0. The van der Waals surface area contributed by atoms with Crippen LogP contribution in [0.1, 0.15) is 52.4 Å². The molecule has 8 heteroatoms. The molecule has 1 aromatic heterocycles. The Bertz CT molecular complexity index is 1270. The third kappa shape index (κ3) is 4.51. The lowest BCUT2D eigenvalue weighted by atomic mass is 9.99. The van der Waals surface area contributed by atoms with Gasteiger partial charge in [-0.25, -0.2) is 10.2 Å². The van der Waals surface area contributed by atoms with Crippen LogP contribution in [0, 0.1) is 0 Å². The number of amides is 2. The molecule has 0 spiro atoms. The molecular formula is C25H25N5O3. The third-order valence-electron chi connectivity index (χ3n) is 6.03. The van der Waals surface area contributed by atoms with Crippen LogP contribution in [-0.2, 0) is 0 Å². The van der Waals surface area contributed by atoms with Crippen LogP contribution >= 0.6 is 0 Å². The van der Waals surface area contributed by atoms with Crippen molar-refractivity contribution in [2.45, 2.75) is 25.2 Å². The normalized spacial score (nSPS) is 16.8. The Morgan fingerprint density at radius 3 is 2.67 bits per heavy atom. The minimum absolute atomic E-state index is 0.334. The number of H-pyrrole nitrogens is 1. The summed E-state index contributed by atoms with van der Waals surface area (Å²) in [5.74, 6) is 0.542. The Kier molecular flexibility index (Phi) is 5.66. The first-order valence-corrected chi connectivity index (χ1v) is 11.1. The maximum absolute atomic E-state index is 12.3. The number of anilines is 1. The van der Waals surface area contributed by atoms with E-state index in [1.54, 1.807) is 12.3 Å². The largest absolute Gasteiger partial charge is 0.465 e. The highest BCUT2D eigenvalue weighted by atomic mass is 16.4. The fourth-order valence-corrected chi connectivity index (χ4v) is 4.32. The maximum Gasteiger partial charge on any atom is 0.409 e. The number of carboxylic acid groups (broad SMARTS) is 1. The number of carbonyl (C=O) groups excluding carboxylic acids is 1. The number of nitrogens with one attached hydrogen (secondary N) is 4. The van der Waals surface area contributed by atoms with E-state index in [4.69, 9.17) is 5.11 Å². The predicted molar refractivity (Wildman–Crippen MR) is 129 cm³/mol. The molecule has 0 atom stereocenters. The Hall–Kier alpha value is -3.91. The average Bonchev–Trinajstić information content (AvgIpc) is 3.63. The molecule has 6 rings (SSSR count). The van der Waals surface area contributed by atoms with E-state index in [-0.39, 0.29) is 5.91 Å². The van der Waals surface area contributed by atoms with Crippen LogP contribution in [0.25, 0.3) is 16.5 Å². The molecule has 2 amide bonds. The molecule has 0 radical (unpaired) electrons. The quantitative estimate of drug-likeness (QED) is 0.415. The molecule has 0 saturated heterocycles. The van der Waals surface area contributed by atoms with Crippen molar-refractivity contribution in [2.75, 3.05) is 18.4 Å². The Balaban J connectivity index is 0.000000211. The topological polar surface area (TPSA) is 119 Å². The molecule has 1 saturated carbocycles. The average molecular weight is 444 g/mol. The van der Waals surface area contributed by atoms with Gasteiger partial charge in [0.25, 0.3) is 5.91 Å². The highest BCUT2D eigenvalue weighted by Crippen LogP contribution is 2.39. The molecule has 8 nitrogen and oxygen atoms in total. The molecule has 1 fully saturated rings. The summed E-state index contributed by atoms with van der Waals surface area (Å²) in [4.78, 5) is 26.5. The van der Waals surface area contributed by atoms with Gasteiger partial charge in [-0.15, -0.1) is 0 Å². The van der Waals surface area contributed by atoms with Gasteiger partial charge in [-0.1, -0.05) is 36.4 Å². The molecular weight excluding hydrogens is 418 g/mol. The lowest BCUT2D eigenvalue weighted by Crippen LogP contribution is -2.20. The summed E-state index contributed by atoms with van der Waals surface area (Å²) < 4.78 is 0. The molecule has 33 heavy (non-hydrogen) atoms. The molecule has 0 bridgehead atoms. The van der Waals surface area contributed by atoms with Crippen LogP contribution in [-0.4, -0.2) is 41.4 Å². The summed E-state index contributed by atoms with van der Waals surface area (Å²) in [6.45, 7) is 1.67. The van der Waals surface area contributed by atoms with E-state index in [1.165, 1.54) is 24.5 Å². The summed E-state index contributed by atoms with van der Waals surface area (Å²) in [5.41, 5.74) is 8.32. The van der Waals surface area contributed by atoms with E-state index in [2.05, 4.69) is 62.6 Å². The highest BCUT2D eigenvalue weighted by Gasteiger charge is 2.24. The fraction of sp³-hybridized carbons (Fsp3) is 0.240. The van der Waals surface area contributed by atoms with Crippen molar-refractivity contribution in [2.24, 2.45) is 5.10 Å². The van der Waals surface area contributed by atoms with E-state index < -0.39 is 6.09 Å². The molecule has 3 aromatic rings. The van der Waals surface area contributed by atoms with E-state index in [1.807, 2.05) is 0 Å². The number of hydrogen-bond donors (Lipinski definition) is 5. The number of benzene rings is 2. The van der Waals surface area contributed by atoms with Crippen molar-refractivity contribution >= 4 is 40.4 Å². The van der Waals surface area contributed by atoms with E-state index in [9.17, 15) is 9.59 Å². The van der Waals surface area contributed by atoms with Crippen LogP contribution in [0.2, 0.25) is 0 Å². The molecule has 3 aliphatic rings. The standard InChI is InChI=1S/C16H15N5O3.C9H10/c22-15-10-5-9(19-16(23)24)6-12-13(10)11(7-18-21-15)14(20-12)8-1-3-17-4-2-8;1-2-4-8(5-3-1)9-6-7-9/h1,5-7,17,19-20H,2-4H2,(H,21,22)(H,23,24);1-5,9H,6-7H2. The number of aromatic nitrogens is 1. The SMILES string of the molecule is O=C(O)Nc1cc2c3c(c(C4=CCNCC4)[nH]c3c1)C=NNC2=O.c1ccc(C2CC2)cc1. The second-order valence-electron chi connectivity index (χ2n) is 8.36. The summed E-state index contributed by atoms with van der Waals surface area (Å²) in [6.07, 6.45) is 6.24. The van der Waals surface area contributed by atoms with Crippen molar-refractivity contribution in [3.8, 4) is 0 Å². The molecule has 2 aromatic carbocycles. The van der Waals surface area contributed by atoms with Gasteiger partial charge in [-0.05, 0) is 55.0 Å². The van der Waals surface area contributed by atoms with Crippen molar-refractivity contribution < 1.29 is 14.7 Å². The Labute approximate surface area is 190 Å². The van der Waals surface area contributed by atoms with Crippen molar-refractivity contribution in [1.82, 2.24) is 15.7 Å². The second kappa shape index (κ2) is 8.91. The number of carbonyl (C=O) groups is 2. The zero-order valence-electron chi connectivity index (χ0n) is 18.0. The first kappa shape index (κ1) is 21.0. The number of nitrogens with zero attached hydrogens (tertiary/aromatic N) is 1. The van der Waals surface area contributed by atoms with Gasteiger partial charge in [-0.3, -0.25) is 10.1 Å². The van der Waals surface area contributed by atoms with Crippen LogP contribution in [0.15, 0.2) is 53.6 Å². The number of hydrazone groups is 1. The second-order valence-corrected chi connectivity index (χ2v) is 8.36. The minimum atomic E-state index is -1.18. The van der Waals surface area contributed by atoms with Crippen LogP contribution in [0.3, 0.4) is 0 Å². The lowest BCUT2D eigenvalue weighted by molar-refractivity contribution is 0.0957. The van der Waals surface area contributed by atoms with Crippen molar-refractivity contribution in [1.29, 1.82) is 0 Å². The highest BCUT2D eigenvalue weighted by molar-refractivity contribution is 6.17. The van der Waals surface area contributed by atoms with Gasteiger partial charge in [0.15, 0.2) is 0 Å². The van der Waals surface area contributed by atoms with Crippen LogP contribution in [0.4, 0.5) is 10.5 Å². The van der Waals surface area contributed by atoms with Crippen LogP contribution in [0.5, 0.6) is 0 Å². The first-order chi connectivity index (χ1) is 16.1. The van der Waals surface area contributed by atoms with E-state index >= 15 is 0 Å². The van der Waals surface area contributed by atoms with Gasteiger partial charge >= 0.3 is 6.09 Å². The third-order valence-corrected chi connectivity index (χ3v) is 6.03. The monoisotopic (exact) mass is 443 g/mol. The molecule has 1 aliphatic carbocycles. The molecule has 3 heterocycles. The molecule has 0 unspecified atom stereocenters.